The number of carbonyl (C=O) groups is 1. The number of hydrogen-bond acceptors (Lipinski definition) is 5. The van der Waals surface area contributed by atoms with E-state index in [1.165, 1.54) is 32.7 Å². The van der Waals surface area contributed by atoms with Gasteiger partial charge in [-0.2, -0.15) is 4.31 Å². The zero-order valence-electron chi connectivity index (χ0n) is 14.8. The number of halogens is 1. The predicted octanol–water partition coefficient (Wildman–Crippen LogP) is 2.67. The summed E-state index contributed by atoms with van der Waals surface area (Å²) in [5.74, 6) is -0.464. The summed E-state index contributed by atoms with van der Waals surface area (Å²) in [6, 6.07) is 4.70. The van der Waals surface area contributed by atoms with E-state index in [9.17, 15) is 17.6 Å². The summed E-state index contributed by atoms with van der Waals surface area (Å²) < 4.78 is 39.2. The molecule has 0 saturated carbocycles. The van der Waals surface area contributed by atoms with Crippen molar-refractivity contribution in [2.24, 2.45) is 11.8 Å². The van der Waals surface area contributed by atoms with E-state index in [1.54, 1.807) is 0 Å². The van der Waals surface area contributed by atoms with Gasteiger partial charge in [0.25, 0.3) is 0 Å². The summed E-state index contributed by atoms with van der Waals surface area (Å²) in [7, 11) is -3.69. The number of aromatic nitrogens is 1. The van der Waals surface area contributed by atoms with Crippen LogP contribution in [-0.2, 0) is 27.7 Å². The highest BCUT2D eigenvalue weighted by atomic mass is 32.2. The fraction of sp³-hybridized carbons (Fsp3) is 0.444. The Labute approximate surface area is 161 Å². The van der Waals surface area contributed by atoms with Crippen molar-refractivity contribution in [3.8, 4) is 0 Å². The van der Waals surface area contributed by atoms with Gasteiger partial charge < -0.3 is 5.32 Å². The van der Waals surface area contributed by atoms with Gasteiger partial charge in [-0.15, -0.1) is 11.3 Å². The quantitative estimate of drug-likeness (QED) is 0.842. The minimum Gasteiger partial charge on any atom is -0.302 e. The summed E-state index contributed by atoms with van der Waals surface area (Å²) in [5, 5.41) is 3.43. The number of nitrogens with zero attached hydrogens (tertiary/aromatic N) is 2. The molecule has 0 radical (unpaired) electrons. The van der Waals surface area contributed by atoms with Gasteiger partial charge in [0.05, 0.1) is 16.5 Å². The van der Waals surface area contributed by atoms with Crippen molar-refractivity contribution in [3.05, 3.63) is 40.7 Å². The first kappa shape index (κ1) is 18.5. The van der Waals surface area contributed by atoms with E-state index in [2.05, 4.69) is 17.2 Å². The molecule has 1 aliphatic heterocycles. The summed E-state index contributed by atoms with van der Waals surface area (Å²) in [5.41, 5.74) is 1.07. The highest BCUT2D eigenvalue weighted by Gasteiger charge is 2.40. The number of hydrogen-bond donors (Lipinski definition) is 1. The van der Waals surface area contributed by atoms with E-state index in [0.717, 1.165) is 37.1 Å². The average molecular weight is 410 g/mol. The molecule has 9 heteroatoms. The Balaban J connectivity index is 1.37. The second-order valence-corrected chi connectivity index (χ2v) is 10.2. The Morgan fingerprint density at radius 1 is 1.30 bits per heavy atom. The van der Waals surface area contributed by atoms with Crippen molar-refractivity contribution < 1.29 is 17.6 Å². The van der Waals surface area contributed by atoms with E-state index in [0.29, 0.717) is 11.0 Å². The minimum atomic E-state index is -3.69. The number of amides is 1. The lowest BCUT2D eigenvalue weighted by atomic mass is 9.93. The van der Waals surface area contributed by atoms with Gasteiger partial charge in [0.15, 0.2) is 5.13 Å². The third-order valence-corrected chi connectivity index (χ3v) is 7.97. The molecule has 1 aromatic carbocycles. The number of carbonyl (C=O) groups excluding carboxylic acids is 1. The maximum absolute atomic E-state index is 13.0. The number of fused-ring (bicyclic) bond motifs is 1. The van der Waals surface area contributed by atoms with Crippen LogP contribution in [-0.4, -0.2) is 36.7 Å². The third-order valence-electron chi connectivity index (χ3n) is 5.09. The summed E-state index contributed by atoms with van der Waals surface area (Å²) >= 11 is 1.51. The number of nitrogens with one attached hydrogen (secondary N) is 1. The first-order valence-electron chi connectivity index (χ1n) is 8.88. The molecule has 2 aliphatic rings. The van der Waals surface area contributed by atoms with E-state index in [1.807, 2.05) is 0 Å². The molecule has 1 saturated heterocycles. The zero-order chi connectivity index (χ0) is 19.2. The van der Waals surface area contributed by atoms with Crippen LogP contribution in [0.4, 0.5) is 9.52 Å². The van der Waals surface area contributed by atoms with Crippen molar-refractivity contribution >= 4 is 32.4 Å². The summed E-state index contributed by atoms with van der Waals surface area (Å²) in [4.78, 5) is 18.2. The second-order valence-electron chi connectivity index (χ2n) is 7.20. The molecule has 2 aromatic rings. The van der Waals surface area contributed by atoms with Crippen LogP contribution < -0.4 is 5.32 Å². The highest BCUT2D eigenvalue weighted by molar-refractivity contribution is 7.89. The molecule has 1 aliphatic carbocycles. The van der Waals surface area contributed by atoms with Gasteiger partial charge in [0.2, 0.25) is 15.9 Å². The molecule has 1 fully saturated rings. The fourth-order valence-corrected chi connectivity index (χ4v) is 6.06. The molecule has 6 nitrogen and oxygen atoms in total. The van der Waals surface area contributed by atoms with Crippen LogP contribution in [0.1, 0.15) is 23.9 Å². The van der Waals surface area contributed by atoms with E-state index in [4.69, 9.17) is 0 Å². The lowest BCUT2D eigenvalue weighted by Crippen LogP contribution is -2.54. The van der Waals surface area contributed by atoms with Gasteiger partial charge >= 0.3 is 0 Å². The van der Waals surface area contributed by atoms with Crippen LogP contribution >= 0.6 is 11.3 Å². The maximum Gasteiger partial charge on any atom is 0.243 e. The molecule has 0 spiro atoms. The molecule has 1 N–H and O–H groups in total. The molecule has 2 heterocycles. The van der Waals surface area contributed by atoms with Crippen LogP contribution in [0.25, 0.3) is 0 Å². The molecular formula is C18H20FN3O3S2. The summed E-state index contributed by atoms with van der Waals surface area (Å²) in [6.45, 7) is 2.45. The molecule has 1 atom stereocenters. The van der Waals surface area contributed by atoms with Gasteiger partial charge in [0, 0.05) is 18.0 Å². The topological polar surface area (TPSA) is 79.4 Å². The fourth-order valence-electron chi connectivity index (χ4n) is 3.36. The number of sulfonamides is 1. The standard InChI is InChI=1S/C18H20FN3O3S2/c1-11-2-7-15-16(8-11)26-18(20-15)21-17(23)12-9-22(10-12)27(24,25)14-5-3-13(19)4-6-14/h3-6,11-12H,2,7-10H2,1H3,(H,20,21,23)/t11-/m0/s1. The number of benzene rings is 1. The molecule has 4 rings (SSSR count). The van der Waals surface area contributed by atoms with Gasteiger partial charge in [-0.05, 0) is 49.4 Å². The molecule has 0 unspecified atom stereocenters. The molecule has 27 heavy (non-hydrogen) atoms. The predicted molar refractivity (Wildman–Crippen MR) is 101 cm³/mol. The normalized spacial score (nSPS) is 20.7. The van der Waals surface area contributed by atoms with Crippen LogP contribution in [0.2, 0.25) is 0 Å². The maximum atomic E-state index is 13.0. The monoisotopic (exact) mass is 409 g/mol. The number of anilines is 1. The van der Waals surface area contributed by atoms with Crippen molar-refractivity contribution in [1.82, 2.24) is 9.29 Å². The van der Waals surface area contributed by atoms with Gasteiger partial charge in [-0.3, -0.25) is 4.79 Å². The van der Waals surface area contributed by atoms with Crippen molar-refractivity contribution in [2.45, 2.75) is 31.1 Å². The molecule has 144 valence electrons. The Kier molecular flexibility index (Phi) is 4.77. The average Bonchev–Trinajstić information content (AvgIpc) is 2.94. The molecular weight excluding hydrogens is 389 g/mol. The Bertz CT molecular complexity index is 966. The van der Waals surface area contributed by atoms with Gasteiger partial charge in [-0.1, -0.05) is 6.92 Å². The number of rotatable bonds is 4. The zero-order valence-corrected chi connectivity index (χ0v) is 16.4. The van der Waals surface area contributed by atoms with E-state index < -0.39 is 21.8 Å². The number of thiazole rings is 1. The molecule has 1 aromatic heterocycles. The van der Waals surface area contributed by atoms with Crippen molar-refractivity contribution in [1.29, 1.82) is 0 Å². The van der Waals surface area contributed by atoms with E-state index >= 15 is 0 Å². The van der Waals surface area contributed by atoms with Crippen LogP contribution in [0, 0.1) is 17.7 Å². The van der Waals surface area contributed by atoms with Crippen LogP contribution in [0.5, 0.6) is 0 Å². The lowest BCUT2D eigenvalue weighted by molar-refractivity contribution is -0.122. The highest BCUT2D eigenvalue weighted by Crippen LogP contribution is 2.33. The minimum absolute atomic E-state index is 0.0319. The van der Waals surface area contributed by atoms with Crippen molar-refractivity contribution in [2.75, 3.05) is 18.4 Å². The summed E-state index contributed by atoms with van der Waals surface area (Å²) in [6.07, 6.45) is 3.05. The number of aryl methyl sites for hydroxylation is 1. The van der Waals surface area contributed by atoms with Crippen LogP contribution in [0.3, 0.4) is 0 Å². The van der Waals surface area contributed by atoms with E-state index in [-0.39, 0.29) is 23.9 Å². The first-order chi connectivity index (χ1) is 12.8. The first-order valence-corrected chi connectivity index (χ1v) is 11.1. The second kappa shape index (κ2) is 6.96. The third kappa shape index (κ3) is 3.63. The van der Waals surface area contributed by atoms with Gasteiger partial charge in [-0.25, -0.2) is 17.8 Å². The Morgan fingerprint density at radius 2 is 2.00 bits per heavy atom. The van der Waals surface area contributed by atoms with Gasteiger partial charge in [0.1, 0.15) is 5.82 Å². The molecule has 0 bridgehead atoms. The van der Waals surface area contributed by atoms with Crippen molar-refractivity contribution in [3.63, 3.8) is 0 Å². The van der Waals surface area contributed by atoms with Crippen LogP contribution in [0.15, 0.2) is 29.2 Å². The lowest BCUT2D eigenvalue weighted by Gasteiger charge is -2.36. The largest absolute Gasteiger partial charge is 0.302 e. The molecule has 1 amide bonds. The SMILES string of the molecule is C[C@H]1CCc2nc(NC(=O)C3CN(S(=O)(=O)c4ccc(F)cc4)C3)sc2C1. The Hall–Kier alpha value is -1.84. The Morgan fingerprint density at radius 3 is 2.70 bits per heavy atom. The smallest absolute Gasteiger partial charge is 0.243 e.